The number of ether oxygens (including phenoxy) is 1. The predicted octanol–water partition coefficient (Wildman–Crippen LogP) is 7.13. The number of nitrogens with one attached hydrogen (secondary N) is 2. The quantitative estimate of drug-likeness (QED) is 0.289. The van der Waals surface area contributed by atoms with Crippen molar-refractivity contribution in [2.45, 2.75) is 70.4 Å². The molecule has 0 saturated heterocycles. The zero-order chi connectivity index (χ0) is 25.5. The minimum Gasteiger partial charge on any atom is -0.490 e. The van der Waals surface area contributed by atoms with Gasteiger partial charge in [-0.3, -0.25) is 0 Å². The maximum absolute atomic E-state index is 12.3. The summed E-state index contributed by atoms with van der Waals surface area (Å²) in [5.74, 6) is 1.78. The fourth-order valence-electron chi connectivity index (χ4n) is 4.95. The molecule has 0 aromatic heterocycles. The molecule has 1 saturated carbocycles. The molecule has 0 bridgehead atoms. The molecule has 5 heteroatoms. The molecule has 36 heavy (non-hydrogen) atoms. The Labute approximate surface area is 219 Å². The third kappa shape index (κ3) is 7.44. The largest absolute Gasteiger partial charge is 0.490 e. The molecule has 1 aliphatic carbocycles. The first-order valence-corrected chi connectivity index (χ1v) is 14.2. The lowest BCUT2D eigenvalue weighted by Gasteiger charge is -2.37. The summed E-state index contributed by atoms with van der Waals surface area (Å²) in [6.07, 6.45) is 5.85. The normalized spacial score (nSPS) is 19.1. The zero-order valence-corrected chi connectivity index (χ0v) is 22.7. The topological polar surface area (TPSA) is 50.4 Å². The van der Waals surface area contributed by atoms with E-state index in [1.54, 1.807) is 0 Å². The fourth-order valence-corrected chi connectivity index (χ4v) is 5.84. The second-order valence-corrected chi connectivity index (χ2v) is 12.2. The van der Waals surface area contributed by atoms with E-state index >= 15 is 0 Å². The Morgan fingerprint density at radius 1 is 0.972 bits per heavy atom. The van der Waals surface area contributed by atoms with Crippen LogP contribution in [0.1, 0.15) is 58.4 Å². The van der Waals surface area contributed by atoms with E-state index in [2.05, 4.69) is 73.8 Å². The average Bonchev–Trinajstić information content (AvgIpc) is 2.87. The molecule has 192 valence electrons. The van der Waals surface area contributed by atoms with Gasteiger partial charge in [-0.05, 0) is 90.1 Å². The molecule has 0 heterocycles. The van der Waals surface area contributed by atoms with Gasteiger partial charge in [0.2, 0.25) is 0 Å². The third-order valence-corrected chi connectivity index (χ3v) is 8.38. The van der Waals surface area contributed by atoms with Gasteiger partial charge in [-0.25, -0.2) is 4.21 Å². The molecule has 1 fully saturated rings. The molecule has 1 atom stereocenters. The van der Waals surface area contributed by atoms with Crippen LogP contribution in [0.2, 0.25) is 0 Å². The number of hydrogen-bond donors (Lipinski definition) is 2. The lowest BCUT2D eigenvalue weighted by atomic mass is 9.72. The molecular weight excluding hydrogens is 464 g/mol. The molecule has 4 nitrogen and oxygen atoms in total. The van der Waals surface area contributed by atoms with E-state index in [-0.39, 0.29) is 0 Å². The monoisotopic (exact) mass is 504 g/mol. The minimum absolute atomic E-state index is 0.332. The second-order valence-electron chi connectivity index (χ2n) is 11.0. The summed E-state index contributed by atoms with van der Waals surface area (Å²) in [6.45, 7) is 12.6. The van der Waals surface area contributed by atoms with Crippen LogP contribution in [0.15, 0.2) is 83.9 Å². The van der Waals surface area contributed by atoms with Crippen molar-refractivity contribution in [3.8, 4) is 5.75 Å². The van der Waals surface area contributed by atoms with Gasteiger partial charge in [-0.1, -0.05) is 63.7 Å². The Balaban J connectivity index is 1.22. The average molecular weight is 505 g/mol. The highest BCUT2D eigenvalue weighted by Gasteiger charge is 2.30. The van der Waals surface area contributed by atoms with Gasteiger partial charge in [-0.15, -0.1) is 0 Å². The molecule has 4 rings (SSSR count). The number of rotatable bonds is 10. The maximum atomic E-state index is 12.3. The van der Waals surface area contributed by atoms with Crippen molar-refractivity contribution in [2.24, 2.45) is 11.3 Å². The van der Waals surface area contributed by atoms with Crippen LogP contribution in [-0.4, -0.2) is 16.9 Å². The molecule has 1 aliphatic rings. The maximum Gasteiger partial charge on any atom is 0.149 e. The molecular formula is C31H40N2O2S. The lowest BCUT2D eigenvalue weighted by molar-refractivity contribution is 0.0883. The van der Waals surface area contributed by atoms with Gasteiger partial charge < -0.3 is 14.8 Å². The van der Waals surface area contributed by atoms with Crippen molar-refractivity contribution in [2.75, 3.05) is 6.54 Å². The smallest absolute Gasteiger partial charge is 0.149 e. The first kappa shape index (κ1) is 26.4. The molecule has 0 radical (unpaired) electrons. The van der Waals surface area contributed by atoms with Crippen molar-refractivity contribution < 1.29 is 8.95 Å². The summed E-state index contributed by atoms with van der Waals surface area (Å²) in [7, 11) is -1.27. The first-order chi connectivity index (χ1) is 17.3. The van der Waals surface area contributed by atoms with Crippen molar-refractivity contribution in [3.63, 3.8) is 0 Å². The van der Waals surface area contributed by atoms with Crippen LogP contribution in [0.4, 0.5) is 0 Å². The molecule has 0 aliphatic heterocycles. The predicted molar refractivity (Wildman–Crippen MR) is 151 cm³/mol. The highest BCUT2D eigenvalue weighted by Crippen LogP contribution is 2.39. The second kappa shape index (κ2) is 12.1. The highest BCUT2D eigenvalue weighted by atomic mass is 32.2. The number of benzene rings is 3. The van der Waals surface area contributed by atoms with Crippen LogP contribution in [0.25, 0.3) is 10.8 Å². The van der Waals surface area contributed by atoms with Crippen molar-refractivity contribution in [1.29, 1.82) is 0 Å². The van der Waals surface area contributed by atoms with Crippen molar-refractivity contribution >= 4 is 21.8 Å². The fraction of sp³-hybridized carbons (Fsp3) is 0.419. The number of fused-ring (bicyclic) bond motifs is 1. The summed E-state index contributed by atoms with van der Waals surface area (Å²) >= 11 is 0. The Hall–Kier alpha value is -2.63. The molecule has 3 aromatic carbocycles. The molecule has 0 amide bonds. The van der Waals surface area contributed by atoms with Gasteiger partial charge >= 0.3 is 0 Å². The third-order valence-electron chi connectivity index (χ3n) is 7.20. The standard InChI is InChI=1S/C31H40N2O2S/c1-23(33-36(34)30-8-6-5-7-9-30)18-19-32-22-24-10-11-26-21-29(15-12-25(26)20-24)35-28-16-13-27(14-17-28)31(2,3)4/h5-12,15,20-21,27-28,32-33H,1,13-14,16-19,22H2,2-4H3. The van der Waals surface area contributed by atoms with E-state index in [1.165, 1.54) is 29.2 Å². The summed E-state index contributed by atoms with van der Waals surface area (Å²) in [5.41, 5.74) is 2.40. The lowest BCUT2D eigenvalue weighted by Crippen LogP contribution is -2.30. The van der Waals surface area contributed by atoms with Gasteiger partial charge in [0.25, 0.3) is 0 Å². The Morgan fingerprint density at radius 2 is 1.67 bits per heavy atom. The molecule has 2 N–H and O–H groups in total. The summed E-state index contributed by atoms with van der Waals surface area (Å²) in [5, 5.41) is 5.90. The number of hydrogen-bond acceptors (Lipinski definition) is 3. The molecule has 3 aromatic rings. The first-order valence-electron chi connectivity index (χ1n) is 13.1. The Morgan fingerprint density at radius 3 is 2.39 bits per heavy atom. The van der Waals surface area contributed by atoms with Crippen LogP contribution >= 0.6 is 0 Å². The van der Waals surface area contributed by atoms with Crippen molar-refractivity contribution in [1.82, 2.24) is 10.0 Å². The molecule has 1 unspecified atom stereocenters. The van der Waals surface area contributed by atoms with Gasteiger partial charge in [0.1, 0.15) is 16.7 Å². The van der Waals surface area contributed by atoms with E-state index in [1.807, 2.05) is 30.3 Å². The van der Waals surface area contributed by atoms with Gasteiger partial charge in [0.15, 0.2) is 0 Å². The molecule has 0 spiro atoms. The van der Waals surface area contributed by atoms with Gasteiger partial charge in [0, 0.05) is 18.8 Å². The SMILES string of the molecule is C=C(CCNCc1ccc2cc(OC3CCC(C(C)(C)C)CC3)ccc2c1)NS(=O)c1ccccc1. The van der Waals surface area contributed by atoms with Crippen LogP contribution < -0.4 is 14.8 Å². The van der Waals surface area contributed by atoms with Crippen LogP contribution in [-0.2, 0) is 17.5 Å². The Kier molecular flexibility index (Phi) is 8.86. The van der Waals surface area contributed by atoms with Crippen LogP contribution in [0, 0.1) is 11.3 Å². The van der Waals surface area contributed by atoms with E-state index < -0.39 is 11.0 Å². The van der Waals surface area contributed by atoms with E-state index in [0.29, 0.717) is 17.9 Å². The van der Waals surface area contributed by atoms with Crippen LogP contribution in [0.3, 0.4) is 0 Å². The van der Waals surface area contributed by atoms with Gasteiger partial charge in [0.05, 0.1) is 11.0 Å². The van der Waals surface area contributed by atoms with Crippen LogP contribution in [0.5, 0.6) is 5.75 Å². The van der Waals surface area contributed by atoms with E-state index in [9.17, 15) is 4.21 Å². The van der Waals surface area contributed by atoms with Gasteiger partial charge in [-0.2, -0.15) is 0 Å². The summed E-state index contributed by atoms with van der Waals surface area (Å²) in [4.78, 5) is 0.754. The van der Waals surface area contributed by atoms with Crippen molar-refractivity contribution in [3.05, 3.63) is 84.6 Å². The highest BCUT2D eigenvalue weighted by molar-refractivity contribution is 7.83. The van der Waals surface area contributed by atoms with E-state index in [4.69, 9.17) is 4.74 Å². The van der Waals surface area contributed by atoms with E-state index in [0.717, 1.165) is 48.2 Å². The zero-order valence-electron chi connectivity index (χ0n) is 21.9. The summed E-state index contributed by atoms with van der Waals surface area (Å²) < 4.78 is 21.7. The summed E-state index contributed by atoms with van der Waals surface area (Å²) in [6, 6.07) is 22.4. The minimum atomic E-state index is -1.27. The Bertz CT molecular complexity index is 1180.